The van der Waals surface area contributed by atoms with Gasteiger partial charge in [0.25, 0.3) is 0 Å². The number of esters is 1. The summed E-state index contributed by atoms with van der Waals surface area (Å²) in [6, 6.07) is 5.68. The number of likely N-dealkylation sites (N-methyl/N-ethyl adjacent to an activating group) is 2. The quantitative estimate of drug-likeness (QED) is 0.0784. The number of amides is 2. The molecule has 19 atom stereocenters. The Morgan fingerprint density at radius 3 is 1.87 bits per heavy atom. The van der Waals surface area contributed by atoms with Crippen LogP contribution in [0.2, 0.25) is 0 Å². The second-order valence-electron chi connectivity index (χ2n) is 24.9. The number of carbonyl (C=O) groups is 5. The molecular formula is C67H103N5O19. The monoisotopic (exact) mass is 1280 g/mol. The Hall–Kier alpha value is -5.65. The molecule has 2 amide bonds. The number of ether oxygens (including phenoxy) is 4. The molecule has 4 rings (SSSR count). The van der Waals surface area contributed by atoms with Gasteiger partial charge in [0, 0.05) is 75.8 Å². The zero-order valence-electron chi connectivity index (χ0n) is 53.9. The summed E-state index contributed by atoms with van der Waals surface area (Å²) >= 11 is 0. The molecule has 0 aliphatic carbocycles. The van der Waals surface area contributed by atoms with Crippen LogP contribution in [0.25, 0.3) is 0 Å². The minimum atomic E-state index is -2.32. The number of aliphatic hydroxyl groups excluding tert-OH is 9. The van der Waals surface area contributed by atoms with Crippen molar-refractivity contribution in [1.29, 1.82) is 0 Å². The van der Waals surface area contributed by atoms with Gasteiger partial charge in [-0.15, -0.1) is 0 Å². The molecule has 2 bridgehead atoms. The first kappa shape index (κ1) is 77.8. The number of benzene rings is 1. The summed E-state index contributed by atoms with van der Waals surface area (Å²) in [6.07, 6.45) is 2.19. The third kappa shape index (κ3) is 28.6. The van der Waals surface area contributed by atoms with Gasteiger partial charge in [-0.25, -0.2) is 0 Å². The smallest absolute Gasteiger partial charge is 0.308 e. The molecule has 3 aliphatic rings. The lowest BCUT2D eigenvalue weighted by Gasteiger charge is -2.46. The molecule has 91 heavy (non-hydrogen) atoms. The Balaban J connectivity index is 1.62. The first-order chi connectivity index (χ1) is 43.1. The maximum atomic E-state index is 14.0. The van der Waals surface area contributed by atoms with Gasteiger partial charge in [0.2, 0.25) is 11.8 Å². The number of fused-ring (bicyclic) bond motifs is 2. The predicted octanol–water partition coefficient (Wildman–Crippen LogP) is 2.06. The molecule has 1 aromatic rings. The average Bonchev–Trinajstić information content (AvgIpc) is 0.818. The van der Waals surface area contributed by atoms with Crippen LogP contribution in [-0.2, 0) is 38.1 Å². The molecule has 2 saturated heterocycles. The van der Waals surface area contributed by atoms with E-state index < -0.39 is 178 Å². The lowest BCUT2D eigenvalue weighted by molar-refractivity contribution is -0.307. The standard InChI is InChI=1S/C67H103N5O19/c1-42-21-19-17-15-13-11-9-10-12-14-16-18-20-22-54(89-66-63(85)61(62(84)44(3)88-66)70-58(82)41-72(7)8)38-57-60(65(86)69-29-30-71(5)6)56(81)40-67(87,91-57)39-53(79)35-51(77)33-49(75)31-48(74)32-50(76)34-52(78)37-59(83)90-64(42)43(2)23-28-47(73)36-55(80)45-24-26-46(68-4)27-25-45/h9-22,24-27,42-44,47-49,51-54,56-57,60-64,66,68,73-75,77-79,81,84-85,87H,23,28-41H2,1-8H3,(H,69,86)(H,70,82)/b10-9-,13-11-,14-12+,17-15+,18-16+,21-19+,22-20+/t42?,43?,44-,47?,48?,49?,51?,52?,53?,54?,56?,57?,60?,61+,62-,63+,64?,66+,67?/m1/s1. The molecule has 0 spiro atoms. The Morgan fingerprint density at radius 1 is 0.703 bits per heavy atom. The summed E-state index contributed by atoms with van der Waals surface area (Å²) in [6.45, 7) is 5.81. The Kier molecular flexibility index (Phi) is 34.0. The molecule has 0 radical (unpaired) electrons. The van der Waals surface area contributed by atoms with Crippen molar-refractivity contribution in [3.8, 4) is 0 Å². The van der Waals surface area contributed by atoms with Crippen molar-refractivity contribution in [1.82, 2.24) is 20.4 Å². The van der Waals surface area contributed by atoms with Gasteiger partial charge in [-0.3, -0.25) is 24.0 Å². The number of cyclic esters (lactones) is 1. The van der Waals surface area contributed by atoms with Gasteiger partial charge in [-0.05, 0) is 97.4 Å². The SMILES string of the molecule is CNc1ccc(C(=O)CC(O)CCC(C)C2OC(=O)CC(O)CC(=O)CC(O)CC(O)CC(O)CC(O)CC3(O)CC(O)C(C(=O)NCCN(C)C)C(CC(O[C@@H]4O[C@H](C)[C@@H](O)[C@H](NC(=O)CN(C)C)[C@@H]4O)/C=C/C=C/C=C/C=C\C=C/C=C/C=C/C2C)O3)cc1. The van der Waals surface area contributed by atoms with E-state index >= 15 is 0 Å². The zero-order chi connectivity index (χ0) is 67.4. The molecule has 510 valence electrons. The fourth-order valence-corrected chi connectivity index (χ4v) is 11.3. The molecule has 24 nitrogen and oxygen atoms in total. The van der Waals surface area contributed by atoms with E-state index in [-0.39, 0.29) is 50.0 Å². The van der Waals surface area contributed by atoms with E-state index in [0.717, 1.165) is 5.69 Å². The second-order valence-corrected chi connectivity index (χ2v) is 24.9. The first-order valence-electron chi connectivity index (χ1n) is 31.5. The fourth-order valence-electron chi connectivity index (χ4n) is 11.3. The lowest BCUT2D eigenvalue weighted by atomic mass is 9.82. The van der Waals surface area contributed by atoms with Crippen LogP contribution < -0.4 is 16.0 Å². The highest BCUT2D eigenvalue weighted by Crippen LogP contribution is 2.38. The Labute approximate surface area is 535 Å². The van der Waals surface area contributed by atoms with Crippen LogP contribution in [0.5, 0.6) is 0 Å². The maximum Gasteiger partial charge on any atom is 0.308 e. The van der Waals surface area contributed by atoms with Crippen LogP contribution in [0.3, 0.4) is 0 Å². The van der Waals surface area contributed by atoms with Crippen molar-refractivity contribution in [3.63, 3.8) is 0 Å². The number of carbonyl (C=O) groups excluding carboxylic acids is 5. The summed E-state index contributed by atoms with van der Waals surface area (Å²) in [5.74, 6) is -7.10. The molecule has 3 heterocycles. The van der Waals surface area contributed by atoms with Crippen LogP contribution in [0, 0.1) is 17.8 Å². The summed E-state index contributed by atoms with van der Waals surface area (Å²) in [4.78, 5) is 69.8. The fraction of sp³-hybridized carbons (Fsp3) is 0.627. The number of nitrogens with one attached hydrogen (secondary N) is 3. The van der Waals surface area contributed by atoms with Crippen LogP contribution in [0.15, 0.2) is 109 Å². The number of hydrogen-bond donors (Lipinski definition) is 13. The highest BCUT2D eigenvalue weighted by Gasteiger charge is 2.51. The minimum absolute atomic E-state index is 0.0513. The van der Waals surface area contributed by atoms with Gasteiger partial charge >= 0.3 is 5.97 Å². The second kappa shape index (κ2) is 39.8. The van der Waals surface area contributed by atoms with E-state index in [1.165, 1.54) is 6.92 Å². The van der Waals surface area contributed by atoms with E-state index in [0.29, 0.717) is 18.5 Å². The molecule has 24 heteroatoms. The van der Waals surface area contributed by atoms with Crippen molar-refractivity contribution in [3.05, 3.63) is 115 Å². The number of aliphatic hydroxyl groups is 10. The summed E-state index contributed by atoms with van der Waals surface area (Å²) in [7, 11) is 8.75. The Bertz CT molecular complexity index is 2610. The number of anilines is 1. The summed E-state index contributed by atoms with van der Waals surface area (Å²) < 4.78 is 24.6. The van der Waals surface area contributed by atoms with Gasteiger partial charge in [0.05, 0.1) is 86.0 Å². The highest BCUT2D eigenvalue weighted by molar-refractivity contribution is 5.96. The zero-order valence-corrected chi connectivity index (χ0v) is 53.9. The number of ketones is 2. The topological polar surface area (TPSA) is 367 Å². The molecule has 3 aliphatic heterocycles. The van der Waals surface area contributed by atoms with Crippen LogP contribution in [0.4, 0.5) is 5.69 Å². The van der Waals surface area contributed by atoms with E-state index in [1.807, 2.05) is 38.9 Å². The number of allylic oxidation sites excluding steroid dienone is 12. The third-order valence-corrected chi connectivity index (χ3v) is 16.0. The van der Waals surface area contributed by atoms with Crippen LogP contribution >= 0.6 is 0 Å². The summed E-state index contributed by atoms with van der Waals surface area (Å²) in [5, 5.41) is 121. The maximum absolute atomic E-state index is 14.0. The van der Waals surface area contributed by atoms with Gasteiger partial charge in [0.15, 0.2) is 17.9 Å². The normalized spacial score (nSPS) is 34.9. The number of rotatable bonds is 17. The van der Waals surface area contributed by atoms with E-state index in [2.05, 4.69) is 16.0 Å². The van der Waals surface area contributed by atoms with Gasteiger partial charge in [-0.1, -0.05) is 98.9 Å². The molecule has 14 unspecified atom stereocenters. The number of nitrogens with zero attached hydrogens (tertiary/aromatic N) is 2. The average molecular weight is 1280 g/mol. The lowest BCUT2D eigenvalue weighted by Crippen LogP contribution is -2.64. The van der Waals surface area contributed by atoms with Crippen molar-refractivity contribution < 1.29 is 94.0 Å². The predicted molar refractivity (Wildman–Crippen MR) is 342 cm³/mol. The largest absolute Gasteiger partial charge is 0.461 e. The van der Waals surface area contributed by atoms with Crippen LogP contribution in [0.1, 0.15) is 108 Å². The Morgan fingerprint density at radius 2 is 1.27 bits per heavy atom. The molecular weight excluding hydrogens is 1180 g/mol. The third-order valence-electron chi connectivity index (χ3n) is 16.0. The minimum Gasteiger partial charge on any atom is -0.461 e. The van der Waals surface area contributed by atoms with Gasteiger partial charge in [-0.2, -0.15) is 0 Å². The molecule has 13 N–H and O–H groups in total. The van der Waals surface area contributed by atoms with Gasteiger partial charge in [0.1, 0.15) is 24.1 Å². The van der Waals surface area contributed by atoms with Gasteiger partial charge < -0.3 is 95.8 Å². The number of hydrogen-bond acceptors (Lipinski definition) is 22. The molecule has 0 saturated carbocycles. The highest BCUT2D eigenvalue weighted by atomic mass is 16.7. The van der Waals surface area contributed by atoms with Crippen LogP contribution in [-0.4, -0.2) is 243 Å². The molecule has 1 aromatic carbocycles. The van der Waals surface area contributed by atoms with E-state index in [1.54, 1.807) is 129 Å². The first-order valence-corrected chi connectivity index (χ1v) is 31.5. The van der Waals surface area contributed by atoms with Crippen molar-refractivity contribution in [2.24, 2.45) is 17.8 Å². The van der Waals surface area contributed by atoms with E-state index in [9.17, 15) is 75.0 Å². The van der Waals surface area contributed by atoms with E-state index in [4.69, 9.17) is 18.9 Å². The van der Waals surface area contributed by atoms with Crippen molar-refractivity contribution in [2.75, 3.05) is 60.2 Å². The molecule has 0 aromatic heterocycles. The van der Waals surface area contributed by atoms with Crippen molar-refractivity contribution >= 4 is 35.0 Å². The van der Waals surface area contributed by atoms with Crippen molar-refractivity contribution in [2.45, 2.75) is 195 Å². The number of Topliss-reactive ketones (excluding diaryl/α,β-unsaturated/α-hetero) is 2. The summed E-state index contributed by atoms with van der Waals surface area (Å²) in [5.41, 5.74) is 1.30. The molecule has 2 fully saturated rings.